The van der Waals surface area contributed by atoms with Crippen molar-refractivity contribution >= 4 is 23.2 Å². The van der Waals surface area contributed by atoms with E-state index < -0.39 is 17.6 Å². The van der Waals surface area contributed by atoms with Gasteiger partial charge < -0.3 is 10.2 Å². The van der Waals surface area contributed by atoms with Gasteiger partial charge in [0.1, 0.15) is 11.6 Å². The zero-order valence-electron chi connectivity index (χ0n) is 14.6. The van der Waals surface area contributed by atoms with E-state index in [4.69, 9.17) is 0 Å². The molecule has 2 amide bonds. The van der Waals surface area contributed by atoms with E-state index in [0.717, 1.165) is 18.2 Å². The second-order valence-corrected chi connectivity index (χ2v) is 6.80. The van der Waals surface area contributed by atoms with Gasteiger partial charge in [-0.15, -0.1) is 0 Å². The number of rotatable bonds is 4. The molecule has 1 unspecified atom stereocenters. The lowest BCUT2D eigenvalue weighted by molar-refractivity contribution is -0.122. The highest BCUT2D eigenvalue weighted by atomic mass is 19.1. The minimum Gasteiger partial charge on any atom is -0.326 e. The summed E-state index contributed by atoms with van der Waals surface area (Å²) in [7, 11) is 0. The summed E-state index contributed by atoms with van der Waals surface area (Å²) < 4.78 is 26.8. The highest BCUT2D eigenvalue weighted by Gasteiger charge is 2.35. The van der Waals surface area contributed by atoms with Crippen molar-refractivity contribution in [3.63, 3.8) is 0 Å². The van der Waals surface area contributed by atoms with E-state index >= 15 is 0 Å². The standard InChI is InChI=1S/C20H20F2N2O2/c1-12(2)13-3-5-17(6-4-13)23-20(26)14-7-19(25)24(11-14)18-9-15(21)8-16(22)10-18/h3-6,8-10,12,14H,7,11H2,1-2H3,(H,23,26). The predicted octanol–water partition coefficient (Wildman–Crippen LogP) is 4.08. The number of nitrogens with zero attached hydrogens (tertiary/aromatic N) is 1. The van der Waals surface area contributed by atoms with Crippen molar-refractivity contribution in [2.45, 2.75) is 26.2 Å². The molecule has 0 radical (unpaired) electrons. The number of anilines is 2. The predicted molar refractivity (Wildman–Crippen MR) is 96.0 cm³/mol. The Balaban J connectivity index is 1.68. The molecule has 2 aromatic carbocycles. The molecule has 2 aromatic rings. The maximum Gasteiger partial charge on any atom is 0.229 e. The third-order valence-electron chi connectivity index (χ3n) is 4.50. The quantitative estimate of drug-likeness (QED) is 0.895. The summed E-state index contributed by atoms with van der Waals surface area (Å²) in [4.78, 5) is 25.9. The molecule has 0 bridgehead atoms. The van der Waals surface area contributed by atoms with Crippen LogP contribution in [0.15, 0.2) is 42.5 Å². The minimum absolute atomic E-state index is 0.00798. The van der Waals surface area contributed by atoms with Crippen molar-refractivity contribution in [1.29, 1.82) is 0 Å². The Bertz CT molecular complexity index is 814. The Kier molecular flexibility index (Phi) is 5.02. The van der Waals surface area contributed by atoms with E-state index in [-0.39, 0.29) is 30.5 Å². The van der Waals surface area contributed by atoms with Crippen LogP contribution in [-0.4, -0.2) is 18.4 Å². The fraction of sp³-hybridized carbons (Fsp3) is 0.300. The van der Waals surface area contributed by atoms with Gasteiger partial charge in [-0.1, -0.05) is 26.0 Å². The fourth-order valence-electron chi connectivity index (χ4n) is 3.02. The van der Waals surface area contributed by atoms with Crippen molar-refractivity contribution in [3.05, 3.63) is 59.7 Å². The molecule has 1 saturated heterocycles. The van der Waals surface area contributed by atoms with Gasteiger partial charge in [-0.25, -0.2) is 8.78 Å². The number of amides is 2. The SMILES string of the molecule is CC(C)c1ccc(NC(=O)C2CC(=O)N(c3cc(F)cc(F)c3)C2)cc1. The number of benzene rings is 2. The fourth-order valence-corrected chi connectivity index (χ4v) is 3.02. The largest absolute Gasteiger partial charge is 0.326 e. The van der Waals surface area contributed by atoms with E-state index in [0.29, 0.717) is 11.6 Å². The first-order chi connectivity index (χ1) is 12.3. The molecule has 3 rings (SSSR count). The van der Waals surface area contributed by atoms with Crippen LogP contribution in [0.5, 0.6) is 0 Å². The summed E-state index contributed by atoms with van der Waals surface area (Å²) in [6.07, 6.45) is 0.00798. The summed E-state index contributed by atoms with van der Waals surface area (Å²) in [5, 5.41) is 2.80. The molecule has 1 heterocycles. The topological polar surface area (TPSA) is 49.4 Å². The van der Waals surface area contributed by atoms with Gasteiger partial charge in [-0.2, -0.15) is 0 Å². The molecule has 0 aliphatic carbocycles. The van der Waals surface area contributed by atoms with Gasteiger partial charge in [0.15, 0.2) is 0 Å². The van der Waals surface area contributed by atoms with Crippen LogP contribution in [0.3, 0.4) is 0 Å². The van der Waals surface area contributed by atoms with Crippen LogP contribution in [-0.2, 0) is 9.59 Å². The van der Waals surface area contributed by atoms with Gasteiger partial charge in [0.2, 0.25) is 11.8 Å². The van der Waals surface area contributed by atoms with Crippen molar-refractivity contribution in [2.75, 3.05) is 16.8 Å². The van der Waals surface area contributed by atoms with Gasteiger partial charge in [0.05, 0.1) is 5.92 Å². The first-order valence-corrected chi connectivity index (χ1v) is 8.51. The van der Waals surface area contributed by atoms with E-state index in [2.05, 4.69) is 19.2 Å². The van der Waals surface area contributed by atoms with Crippen LogP contribution >= 0.6 is 0 Å². The van der Waals surface area contributed by atoms with E-state index in [1.165, 1.54) is 10.5 Å². The van der Waals surface area contributed by atoms with Gasteiger partial charge >= 0.3 is 0 Å². The Morgan fingerprint density at radius 3 is 2.31 bits per heavy atom. The zero-order valence-corrected chi connectivity index (χ0v) is 14.6. The molecule has 1 fully saturated rings. The van der Waals surface area contributed by atoms with Crippen LogP contribution in [0.4, 0.5) is 20.2 Å². The molecule has 136 valence electrons. The zero-order chi connectivity index (χ0) is 18.8. The highest BCUT2D eigenvalue weighted by molar-refractivity contribution is 6.03. The van der Waals surface area contributed by atoms with Crippen LogP contribution in [0.25, 0.3) is 0 Å². The van der Waals surface area contributed by atoms with Crippen LogP contribution in [0.1, 0.15) is 31.7 Å². The summed E-state index contributed by atoms with van der Waals surface area (Å²) in [5.41, 5.74) is 1.95. The van der Waals surface area contributed by atoms with Crippen LogP contribution in [0, 0.1) is 17.6 Å². The van der Waals surface area contributed by atoms with Crippen molar-refractivity contribution in [3.8, 4) is 0 Å². The Labute approximate surface area is 150 Å². The first-order valence-electron chi connectivity index (χ1n) is 8.51. The minimum atomic E-state index is -0.758. The van der Waals surface area contributed by atoms with Crippen molar-refractivity contribution in [1.82, 2.24) is 0 Å². The van der Waals surface area contributed by atoms with E-state index in [1.807, 2.05) is 24.3 Å². The second kappa shape index (κ2) is 7.23. The third kappa shape index (κ3) is 3.90. The maximum absolute atomic E-state index is 13.4. The summed E-state index contributed by atoms with van der Waals surface area (Å²) in [5.74, 6) is -2.30. The molecular weight excluding hydrogens is 338 g/mol. The smallest absolute Gasteiger partial charge is 0.229 e. The number of carbonyl (C=O) groups is 2. The number of carbonyl (C=O) groups excluding carboxylic acids is 2. The molecule has 6 heteroatoms. The highest BCUT2D eigenvalue weighted by Crippen LogP contribution is 2.27. The molecule has 0 saturated carbocycles. The molecule has 1 atom stereocenters. The average molecular weight is 358 g/mol. The average Bonchev–Trinajstić information content (AvgIpc) is 2.96. The van der Waals surface area contributed by atoms with Gasteiger partial charge in [0.25, 0.3) is 0 Å². The monoisotopic (exact) mass is 358 g/mol. The number of hydrogen-bond acceptors (Lipinski definition) is 2. The lowest BCUT2D eigenvalue weighted by Crippen LogP contribution is -2.28. The molecule has 4 nitrogen and oxygen atoms in total. The third-order valence-corrected chi connectivity index (χ3v) is 4.50. The Morgan fingerprint density at radius 1 is 1.12 bits per heavy atom. The summed E-state index contributed by atoms with van der Waals surface area (Å²) >= 11 is 0. The Morgan fingerprint density at radius 2 is 1.73 bits per heavy atom. The van der Waals surface area contributed by atoms with Gasteiger partial charge in [0, 0.05) is 30.4 Å². The molecule has 1 aliphatic rings. The molecule has 0 aromatic heterocycles. The molecule has 0 spiro atoms. The van der Waals surface area contributed by atoms with Crippen molar-refractivity contribution < 1.29 is 18.4 Å². The van der Waals surface area contributed by atoms with Gasteiger partial charge in [-0.3, -0.25) is 9.59 Å². The molecule has 26 heavy (non-hydrogen) atoms. The van der Waals surface area contributed by atoms with Gasteiger partial charge in [-0.05, 0) is 35.7 Å². The lowest BCUT2D eigenvalue weighted by Gasteiger charge is -2.17. The van der Waals surface area contributed by atoms with E-state index in [9.17, 15) is 18.4 Å². The first kappa shape index (κ1) is 18.0. The maximum atomic E-state index is 13.4. The van der Waals surface area contributed by atoms with Crippen LogP contribution in [0.2, 0.25) is 0 Å². The van der Waals surface area contributed by atoms with Crippen LogP contribution < -0.4 is 10.2 Å². The Hall–Kier alpha value is -2.76. The molecule has 1 N–H and O–H groups in total. The second-order valence-electron chi connectivity index (χ2n) is 6.80. The normalized spacial score (nSPS) is 17.0. The van der Waals surface area contributed by atoms with E-state index in [1.54, 1.807) is 0 Å². The summed E-state index contributed by atoms with van der Waals surface area (Å²) in [6, 6.07) is 10.5. The lowest BCUT2D eigenvalue weighted by atomic mass is 10.0. The molecule has 1 aliphatic heterocycles. The van der Waals surface area contributed by atoms with Crippen molar-refractivity contribution in [2.24, 2.45) is 5.92 Å². The molecular formula is C20H20F2N2O2. The number of nitrogens with one attached hydrogen (secondary N) is 1. The number of hydrogen-bond donors (Lipinski definition) is 1. The summed E-state index contributed by atoms with van der Waals surface area (Å²) in [6.45, 7) is 4.26. The number of halogens is 2.